The van der Waals surface area contributed by atoms with Crippen LogP contribution in [0, 0.1) is 12.8 Å². The molecule has 2 atom stereocenters. The molecule has 0 spiro atoms. The number of halogens is 1. The van der Waals surface area contributed by atoms with Crippen LogP contribution in [0.5, 0.6) is 0 Å². The molecule has 0 saturated carbocycles. The Hall–Kier alpha value is -2.41. The first-order chi connectivity index (χ1) is 11.3. The van der Waals surface area contributed by atoms with Gasteiger partial charge in [0.2, 0.25) is 11.7 Å². The van der Waals surface area contributed by atoms with Crippen molar-refractivity contribution in [1.29, 1.82) is 0 Å². The molecule has 0 bridgehead atoms. The average molecular weight is 350 g/mol. The molecule has 0 aliphatic heterocycles. The lowest BCUT2D eigenvalue weighted by Gasteiger charge is -2.20. The summed E-state index contributed by atoms with van der Waals surface area (Å²) in [6.45, 7) is 5.50. The number of carbonyl (C=O) groups is 2. The number of amides is 2. The van der Waals surface area contributed by atoms with Crippen molar-refractivity contribution < 1.29 is 9.59 Å². The molecule has 0 fully saturated rings. The van der Waals surface area contributed by atoms with Gasteiger partial charge in [0.15, 0.2) is 0 Å². The standard InChI is InChI=1S/C16H20ClN5O2/c1-4-9(2)13(14(18)23)20-16(24)15-19-10(3)22(21-15)12-7-5-11(17)6-8-12/h5-9,13H,4H2,1-3H3,(H2,18,23)(H,20,24). The summed E-state index contributed by atoms with van der Waals surface area (Å²) in [5.74, 6) is -0.661. The van der Waals surface area contributed by atoms with Crippen LogP contribution in [0.1, 0.15) is 36.7 Å². The minimum Gasteiger partial charge on any atom is -0.368 e. The number of primary amides is 1. The molecule has 0 aliphatic rings. The van der Waals surface area contributed by atoms with Crippen molar-refractivity contribution in [2.75, 3.05) is 0 Å². The lowest BCUT2D eigenvalue weighted by Crippen LogP contribution is -2.48. The fourth-order valence-corrected chi connectivity index (χ4v) is 2.37. The van der Waals surface area contributed by atoms with E-state index in [9.17, 15) is 9.59 Å². The molecule has 7 nitrogen and oxygen atoms in total. The summed E-state index contributed by atoms with van der Waals surface area (Å²) < 4.78 is 1.54. The maximum Gasteiger partial charge on any atom is 0.291 e. The van der Waals surface area contributed by atoms with Crippen molar-refractivity contribution in [3.63, 3.8) is 0 Å². The summed E-state index contributed by atoms with van der Waals surface area (Å²) in [5, 5.41) is 7.42. The molecule has 0 saturated heterocycles. The van der Waals surface area contributed by atoms with Gasteiger partial charge in [-0.05, 0) is 37.1 Å². The maximum absolute atomic E-state index is 12.4. The van der Waals surface area contributed by atoms with Crippen LogP contribution in [0.25, 0.3) is 5.69 Å². The predicted molar refractivity (Wildman–Crippen MR) is 91.0 cm³/mol. The van der Waals surface area contributed by atoms with Crippen LogP contribution in [0.15, 0.2) is 24.3 Å². The minimum atomic E-state index is -0.759. The molecule has 1 aromatic heterocycles. The lowest BCUT2D eigenvalue weighted by atomic mass is 9.98. The Kier molecular flexibility index (Phi) is 5.56. The van der Waals surface area contributed by atoms with E-state index in [1.54, 1.807) is 31.2 Å². The van der Waals surface area contributed by atoms with Crippen molar-refractivity contribution in [1.82, 2.24) is 20.1 Å². The molecule has 128 valence electrons. The van der Waals surface area contributed by atoms with Crippen LogP contribution in [0.2, 0.25) is 5.02 Å². The largest absolute Gasteiger partial charge is 0.368 e. The number of rotatable bonds is 6. The van der Waals surface area contributed by atoms with E-state index in [0.717, 1.165) is 5.69 Å². The molecule has 2 rings (SSSR count). The van der Waals surface area contributed by atoms with Crippen LogP contribution in [0.3, 0.4) is 0 Å². The molecule has 0 radical (unpaired) electrons. The third kappa shape index (κ3) is 3.91. The van der Waals surface area contributed by atoms with E-state index in [-0.39, 0.29) is 11.7 Å². The Labute approximate surface area is 145 Å². The number of carbonyl (C=O) groups excluding carboxylic acids is 2. The monoisotopic (exact) mass is 349 g/mol. The second kappa shape index (κ2) is 7.44. The third-order valence-corrected chi connectivity index (χ3v) is 4.10. The van der Waals surface area contributed by atoms with Crippen molar-refractivity contribution in [2.45, 2.75) is 33.2 Å². The van der Waals surface area contributed by atoms with Gasteiger partial charge >= 0.3 is 0 Å². The fraction of sp³-hybridized carbons (Fsp3) is 0.375. The maximum atomic E-state index is 12.4. The van der Waals surface area contributed by atoms with Crippen LogP contribution >= 0.6 is 11.6 Å². The Balaban J connectivity index is 2.23. The first-order valence-electron chi connectivity index (χ1n) is 7.63. The van der Waals surface area contributed by atoms with E-state index in [4.69, 9.17) is 17.3 Å². The summed E-state index contributed by atoms with van der Waals surface area (Å²) in [5.41, 5.74) is 6.10. The van der Waals surface area contributed by atoms with Crippen molar-refractivity contribution in [3.05, 3.63) is 40.9 Å². The number of nitrogens with zero attached hydrogens (tertiary/aromatic N) is 3. The molecular formula is C16H20ClN5O2. The molecule has 2 amide bonds. The second-order valence-corrected chi connectivity index (χ2v) is 6.05. The molecule has 1 aromatic carbocycles. The van der Waals surface area contributed by atoms with Gasteiger partial charge in [0.25, 0.3) is 5.91 Å². The van der Waals surface area contributed by atoms with E-state index in [2.05, 4.69) is 15.4 Å². The lowest BCUT2D eigenvalue weighted by molar-refractivity contribution is -0.120. The second-order valence-electron chi connectivity index (χ2n) is 5.61. The molecule has 24 heavy (non-hydrogen) atoms. The Morgan fingerprint density at radius 2 is 1.96 bits per heavy atom. The van der Waals surface area contributed by atoms with Crippen molar-refractivity contribution in [2.24, 2.45) is 11.7 Å². The van der Waals surface area contributed by atoms with Crippen LogP contribution in [-0.2, 0) is 4.79 Å². The van der Waals surface area contributed by atoms with Crippen LogP contribution in [0.4, 0.5) is 0 Å². The fourth-order valence-electron chi connectivity index (χ4n) is 2.25. The molecule has 0 aliphatic carbocycles. The summed E-state index contributed by atoms with van der Waals surface area (Å²) >= 11 is 5.87. The minimum absolute atomic E-state index is 0.0167. The normalized spacial score (nSPS) is 13.3. The Bertz CT molecular complexity index is 741. The summed E-state index contributed by atoms with van der Waals surface area (Å²) in [6.07, 6.45) is 0.708. The van der Waals surface area contributed by atoms with Gasteiger partial charge in [0.1, 0.15) is 11.9 Å². The van der Waals surface area contributed by atoms with Gasteiger partial charge in [-0.1, -0.05) is 31.9 Å². The summed E-state index contributed by atoms with van der Waals surface area (Å²) in [4.78, 5) is 28.1. The highest BCUT2D eigenvalue weighted by Crippen LogP contribution is 2.14. The van der Waals surface area contributed by atoms with Crippen LogP contribution < -0.4 is 11.1 Å². The highest BCUT2D eigenvalue weighted by atomic mass is 35.5. The first kappa shape index (κ1) is 17.9. The zero-order chi connectivity index (χ0) is 17.9. The van der Waals surface area contributed by atoms with Gasteiger partial charge in [0, 0.05) is 5.02 Å². The molecule has 2 unspecified atom stereocenters. The van der Waals surface area contributed by atoms with Gasteiger partial charge in [-0.25, -0.2) is 9.67 Å². The number of nitrogens with two attached hydrogens (primary N) is 1. The van der Waals surface area contributed by atoms with Crippen molar-refractivity contribution in [3.8, 4) is 5.69 Å². The van der Waals surface area contributed by atoms with Gasteiger partial charge in [-0.3, -0.25) is 9.59 Å². The third-order valence-electron chi connectivity index (χ3n) is 3.85. The molecular weight excluding hydrogens is 330 g/mol. The van der Waals surface area contributed by atoms with Crippen molar-refractivity contribution >= 4 is 23.4 Å². The van der Waals surface area contributed by atoms with E-state index < -0.39 is 17.9 Å². The molecule has 3 N–H and O–H groups in total. The number of hydrogen-bond donors (Lipinski definition) is 2. The molecule has 2 aromatic rings. The van der Waals surface area contributed by atoms with Crippen LogP contribution in [-0.4, -0.2) is 32.6 Å². The summed E-state index contributed by atoms with van der Waals surface area (Å²) in [7, 11) is 0. The highest BCUT2D eigenvalue weighted by molar-refractivity contribution is 6.30. The topological polar surface area (TPSA) is 103 Å². The first-order valence-corrected chi connectivity index (χ1v) is 8.01. The predicted octanol–water partition coefficient (Wildman–Crippen LogP) is 1.86. The SMILES string of the molecule is CCC(C)C(NC(=O)c1nc(C)n(-c2ccc(Cl)cc2)n1)C(N)=O. The van der Waals surface area contributed by atoms with E-state index >= 15 is 0 Å². The quantitative estimate of drug-likeness (QED) is 0.830. The zero-order valence-corrected chi connectivity index (χ0v) is 14.5. The number of aryl methyl sites for hydroxylation is 1. The smallest absolute Gasteiger partial charge is 0.291 e. The molecule has 8 heteroatoms. The van der Waals surface area contributed by atoms with E-state index in [1.807, 2.05) is 13.8 Å². The Morgan fingerprint density at radius 3 is 2.50 bits per heavy atom. The summed E-state index contributed by atoms with van der Waals surface area (Å²) in [6, 6.07) is 6.24. The number of nitrogens with one attached hydrogen (secondary N) is 1. The molecule has 1 heterocycles. The van der Waals surface area contributed by atoms with Gasteiger partial charge in [0.05, 0.1) is 5.69 Å². The highest BCUT2D eigenvalue weighted by Gasteiger charge is 2.26. The average Bonchev–Trinajstić information content (AvgIpc) is 2.94. The number of aromatic nitrogens is 3. The number of benzene rings is 1. The van der Waals surface area contributed by atoms with Gasteiger partial charge < -0.3 is 11.1 Å². The van der Waals surface area contributed by atoms with Gasteiger partial charge in [-0.2, -0.15) is 0 Å². The Morgan fingerprint density at radius 1 is 1.33 bits per heavy atom. The van der Waals surface area contributed by atoms with Gasteiger partial charge in [-0.15, -0.1) is 5.10 Å². The zero-order valence-electron chi connectivity index (χ0n) is 13.8. The number of hydrogen-bond acceptors (Lipinski definition) is 4. The van der Waals surface area contributed by atoms with E-state index in [1.165, 1.54) is 4.68 Å². The van der Waals surface area contributed by atoms with E-state index in [0.29, 0.717) is 17.3 Å².